The molecule has 2 heterocycles. The average molecular weight is 805 g/mol. The van der Waals surface area contributed by atoms with E-state index in [1.54, 1.807) is 0 Å². The Bertz CT molecular complexity index is 3490. The summed E-state index contributed by atoms with van der Waals surface area (Å²) in [5.74, 6) is 0.595. The summed E-state index contributed by atoms with van der Waals surface area (Å²) >= 11 is 0. The Kier molecular flexibility index (Phi) is 8.45. The van der Waals surface area contributed by atoms with Crippen LogP contribution in [-0.4, -0.2) is 9.97 Å². The first-order chi connectivity index (χ1) is 31.1. The number of hydrogen-bond donors (Lipinski definition) is 0. The standard InChI is InChI=1S/C60H40N2O/c1-3-18-38(19-4-2)42-34-43(39-20-7-5-8-21-39)36-44(35-42)58-61-57(40-22-9-6-10-23-40)56-49-37-41(32-33-54(49)63-59(56)62-58)45-27-17-31-53-55(45)48-26-13-16-30-52(48)60(53)50-28-14-11-24-46(50)47-25-12-15-29-51(47)60/h3-37H,1H2,2H3/b19-4-,38-18+. The maximum Gasteiger partial charge on any atom is 0.231 e. The number of fused-ring (bicyclic) bond motifs is 13. The Labute approximate surface area is 366 Å². The monoisotopic (exact) mass is 804 g/mol. The number of rotatable bonds is 7. The number of furan rings is 1. The fourth-order valence-corrected chi connectivity index (χ4v) is 10.4. The maximum atomic E-state index is 6.75. The smallest absolute Gasteiger partial charge is 0.231 e. The molecule has 8 aromatic carbocycles. The molecule has 2 aromatic heterocycles. The molecule has 0 amide bonds. The second kappa shape index (κ2) is 14.5. The van der Waals surface area contributed by atoms with Crippen molar-refractivity contribution in [1.82, 2.24) is 9.97 Å². The first kappa shape index (κ1) is 36.7. The van der Waals surface area contributed by atoms with E-state index in [1.165, 1.54) is 50.1 Å². The second-order valence-electron chi connectivity index (χ2n) is 16.4. The van der Waals surface area contributed by atoms with Crippen LogP contribution in [0.25, 0.3) is 94.8 Å². The highest BCUT2D eigenvalue weighted by atomic mass is 16.3. The van der Waals surface area contributed by atoms with E-state index < -0.39 is 5.41 Å². The summed E-state index contributed by atoms with van der Waals surface area (Å²) in [6.07, 6.45) is 8.03. The van der Waals surface area contributed by atoms with Crippen LogP contribution in [0.5, 0.6) is 0 Å². The first-order valence-corrected chi connectivity index (χ1v) is 21.5. The highest BCUT2D eigenvalue weighted by Gasteiger charge is 2.52. The fourth-order valence-electron chi connectivity index (χ4n) is 10.4. The molecule has 3 heteroatoms. The molecule has 0 saturated carbocycles. The Morgan fingerprint density at radius 1 is 0.524 bits per heavy atom. The molecule has 1 spiro atoms. The Morgan fingerprint density at radius 3 is 1.83 bits per heavy atom. The zero-order valence-corrected chi connectivity index (χ0v) is 34.7. The van der Waals surface area contributed by atoms with Crippen molar-refractivity contribution >= 4 is 27.6 Å². The lowest BCUT2D eigenvalue weighted by atomic mass is 9.70. The number of allylic oxidation sites excluding steroid dienone is 5. The van der Waals surface area contributed by atoms with Gasteiger partial charge in [-0.3, -0.25) is 0 Å². The topological polar surface area (TPSA) is 38.9 Å². The van der Waals surface area contributed by atoms with E-state index >= 15 is 0 Å². The van der Waals surface area contributed by atoms with Gasteiger partial charge in [0.1, 0.15) is 5.58 Å². The quantitative estimate of drug-likeness (QED) is 0.151. The van der Waals surface area contributed by atoms with Gasteiger partial charge in [0, 0.05) is 16.5 Å². The molecule has 296 valence electrons. The van der Waals surface area contributed by atoms with Crippen LogP contribution in [-0.2, 0) is 5.41 Å². The van der Waals surface area contributed by atoms with Crippen molar-refractivity contribution in [2.75, 3.05) is 0 Å². The normalized spacial score (nSPS) is 13.4. The summed E-state index contributed by atoms with van der Waals surface area (Å²) < 4.78 is 6.75. The molecule has 10 aromatic rings. The van der Waals surface area contributed by atoms with Crippen molar-refractivity contribution in [3.8, 4) is 67.2 Å². The van der Waals surface area contributed by atoms with Crippen LogP contribution < -0.4 is 0 Å². The summed E-state index contributed by atoms with van der Waals surface area (Å²) in [6.45, 7) is 6.04. The van der Waals surface area contributed by atoms with Gasteiger partial charge in [-0.2, -0.15) is 4.98 Å². The van der Waals surface area contributed by atoms with Gasteiger partial charge in [0.2, 0.25) is 5.71 Å². The molecular weight excluding hydrogens is 765 g/mol. The molecule has 0 fully saturated rings. The van der Waals surface area contributed by atoms with E-state index in [9.17, 15) is 0 Å². The van der Waals surface area contributed by atoms with Crippen LogP contribution in [0.2, 0.25) is 0 Å². The zero-order chi connectivity index (χ0) is 42.1. The molecule has 0 N–H and O–H groups in total. The molecule has 63 heavy (non-hydrogen) atoms. The summed E-state index contributed by atoms with van der Waals surface area (Å²) in [5.41, 5.74) is 20.6. The lowest BCUT2D eigenvalue weighted by Gasteiger charge is -2.30. The van der Waals surface area contributed by atoms with E-state index in [4.69, 9.17) is 14.4 Å². The molecule has 0 bridgehead atoms. The minimum Gasteiger partial charge on any atom is -0.438 e. The van der Waals surface area contributed by atoms with Crippen molar-refractivity contribution in [1.29, 1.82) is 0 Å². The molecule has 0 radical (unpaired) electrons. The van der Waals surface area contributed by atoms with E-state index in [0.29, 0.717) is 11.5 Å². The minimum atomic E-state index is -0.418. The second-order valence-corrected chi connectivity index (χ2v) is 16.4. The van der Waals surface area contributed by atoms with Gasteiger partial charge in [-0.15, -0.1) is 0 Å². The van der Waals surface area contributed by atoms with Gasteiger partial charge in [-0.25, -0.2) is 4.98 Å². The van der Waals surface area contributed by atoms with Gasteiger partial charge in [-0.05, 0) is 115 Å². The third-order valence-corrected chi connectivity index (χ3v) is 13.0. The lowest BCUT2D eigenvalue weighted by Crippen LogP contribution is -2.25. The van der Waals surface area contributed by atoms with Crippen molar-refractivity contribution < 1.29 is 4.42 Å². The van der Waals surface area contributed by atoms with Crippen molar-refractivity contribution in [2.24, 2.45) is 0 Å². The molecule has 3 nitrogen and oxygen atoms in total. The Hall–Kier alpha value is -8.14. The van der Waals surface area contributed by atoms with Crippen molar-refractivity contribution in [2.45, 2.75) is 12.3 Å². The molecule has 0 atom stereocenters. The van der Waals surface area contributed by atoms with E-state index in [-0.39, 0.29) is 0 Å². The van der Waals surface area contributed by atoms with Gasteiger partial charge in [0.25, 0.3) is 0 Å². The maximum absolute atomic E-state index is 6.75. The molecule has 0 unspecified atom stereocenters. The summed E-state index contributed by atoms with van der Waals surface area (Å²) in [4.78, 5) is 10.7. The molecule has 0 aliphatic heterocycles. The predicted molar refractivity (Wildman–Crippen MR) is 260 cm³/mol. The van der Waals surface area contributed by atoms with Gasteiger partial charge in [0.05, 0.1) is 16.5 Å². The SMILES string of the molecule is C=C/C=C(\C=C/C)c1cc(-c2ccccc2)cc(-c2nc(-c3ccccc3)c3c(n2)oc2ccc(-c4cccc5c4-c4ccccc4C54c5ccccc5-c5ccccc54)cc23)c1. The van der Waals surface area contributed by atoms with Crippen LogP contribution in [0.3, 0.4) is 0 Å². The van der Waals surface area contributed by atoms with Gasteiger partial charge in [0.15, 0.2) is 5.82 Å². The lowest BCUT2D eigenvalue weighted by molar-refractivity contribution is 0.653. The number of nitrogens with zero attached hydrogens (tertiary/aromatic N) is 2. The third-order valence-electron chi connectivity index (χ3n) is 13.0. The highest BCUT2D eigenvalue weighted by molar-refractivity contribution is 6.12. The molecule has 0 saturated heterocycles. The highest BCUT2D eigenvalue weighted by Crippen LogP contribution is 2.64. The summed E-state index contributed by atoms with van der Waals surface area (Å²) in [6, 6.07) is 67.8. The van der Waals surface area contributed by atoms with Gasteiger partial charge in [-0.1, -0.05) is 189 Å². The third kappa shape index (κ3) is 5.53. The van der Waals surface area contributed by atoms with Crippen LogP contribution in [0.1, 0.15) is 34.7 Å². The van der Waals surface area contributed by atoms with Crippen LogP contribution in [0.4, 0.5) is 0 Å². The number of benzene rings is 8. The van der Waals surface area contributed by atoms with Gasteiger partial charge >= 0.3 is 0 Å². The van der Waals surface area contributed by atoms with Crippen molar-refractivity contribution in [3.05, 3.63) is 247 Å². The average Bonchev–Trinajstić information content (AvgIpc) is 3.98. The number of aromatic nitrogens is 2. The van der Waals surface area contributed by atoms with E-state index in [2.05, 4.69) is 195 Å². The fraction of sp³-hybridized carbons (Fsp3) is 0.0333. The largest absolute Gasteiger partial charge is 0.438 e. The molecular formula is C60H40N2O. The Morgan fingerprint density at radius 2 is 1.13 bits per heavy atom. The molecule has 2 aliphatic carbocycles. The van der Waals surface area contributed by atoms with E-state index in [0.717, 1.165) is 61.0 Å². The summed E-state index contributed by atoms with van der Waals surface area (Å²) in [7, 11) is 0. The molecule has 12 rings (SSSR count). The van der Waals surface area contributed by atoms with Crippen LogP contribution >= 0.6 is 0 Å². The molecule has 2 aliphatic rings. The Balaban J connectivity index is 1.08. The summed E-state index contributed by atoms with van der Waals surface area (Å²) in [5, 5.41) is 1.87. The zero-order valence-electron chi connectivity index (χ0n) is 34.7. The van der Waals surface area contributed by atoms with Gasteiger partial charge < -0.3 is 4.42 Å². The van der Waals surface area contributed by atoms with Crippen LogP contribution in [0.15, 0.2) is 223 Å². The van der Waals surface area contributed by atoms with Crippen molar-refractivity contribution in [3.63, 3.8) is 0 Å². The van der Waals surface area contributed by atoms with Crippen LogP contribution in [0, 0.1) is 0 Å². The number of hydrogen-bond acceptors (Lipinski definition) is 3. The van der Waals surface area contributed by atoms with E-state index in [1.807, 2.05) is 31.2 Å². The first-order valence-electron chi connectivity index (χ1n) is 21.5. The minimum absolute atomic E-state index is 0.418. The predicted octanol–water partition coefficient (Wildman–Crippen LogP) is 15.5.